The number of benzene rings is 3. The average Bonchev–Trinajstić information content (AvgIpc) is 2.77. The molecule has 0 heterocycles. The Morgan fingerprint density at radius 1 is 0.786 bits per heavy atom. The van der Waals surface area contributed by atoms with Gasteiger partial charge in [-0.1, -0.05) is 60.7 Å². The summed E-state index contributed by atoms with van der Waals surface area (Å²) in [5, 5.41) is 3.78. The first-order valence-corrected chi connectivity index (χ1v) is 11.6. The largest absolute Gasteiger partial charge is 0.463 e. The summed E-state index contributed by atoms with van der Waals surface area (Å²) in [7, 11) is -2.07. The van der Waals surface area contributed by atoms with E-state index in [4.69, 9.17) is 4.74 Å². The third-order valence-corrected chi connectivity index (χ3v) is 9.24. The van der Waals surface area contributed by atoms with Crippen molar-refractivity contribution in [3.8, 4) is 0 Å². The number of hydrogen-bond acceptors (Lipinski definition) is 2. The molecule has 0 amide bonds. The van der Waals surface area contributed by atoms with Gasteiger partial charge in [0.05, 0.1) is 12.2 Å². The van der Waals surface area contributed by atoms with Crippen LogP contribution in [-0.2, 0) is 9.53 Å². The summed E-state index contributed by atoms with van der Waals surface area (Å²) in [6, 6.07) is 31.7. The Morgan fingerprint density at radius 2 is 1.18 bits per heavy atom. The quantitative estimate of drug-likeness (QED) is 0.338. The van der Waals surface area contributed by atoms with Gasteiger partial charge in [-0.25, -0.2) is 4.79 Å². The van der Waals surface area contributed by atoms with Crippen LogP contribution in [-0.4, -0.2) is 18.7 Å². The Labute approximate surface area is 168 Å². The van der Waals surface area contributed by atoms with E-state index in [9.17, 15) is 4.79 Å². The van der Waals surface area contributed by atoms with Crippen molar-refractivity contribution in [2.45, 2.75) is 13.8 Å². The van der Waals surface area contributed by atoms with E-state index in [0.717, 1.165) is 5.57 Å². The molecule has 0 aromatic heterocycles. The van der Waals surface area contributed by atoms with Gasteiger partial charge in [-0.2, -0.15) is 0 Å². The zero-order valence-electron chi connectivity index (χ0n) is 16.4. The van der Waals surface area contributed by atoms with Crippen LogP contribution in [0.1, 0.15) is 13.8 Å². The van der Waals surface area contributed by atoms with Crippen LogP contribution in [0, 0.1) is 0 Å². The Hall–Kier alpha value is -2.70. The van der Waals surface area contributed by atoms with Crippen LogP contribution in [0.2, 0.25) is 0 Å². The maximum atomic E-state index is 12.7. The van der Waals surface area contributed by atoms with Crippen LogP contribution >= 0.6 is 7.26 Å². The van der Waals surface area contributed by atoms with Gasteiger partial charge in [0.1, 0.15) is 29.3 Å². The summed E-state index contributed by atoms with van der Waals surface area (Å²) in [6.45, 7) is 4.14. The van der Waals surface area contributed by atoms with Crippen LogP contribution in [0.5, 0.6) is 0 Å². The summed E-state index contributed by atoms with van der Waals surface area (Å²) in [4.78, 5) is 12.7. The van der Waals surface area contributed by atoms with Gasteiger partial charge in [-0.15, -0.1) is 0 Å². The lowest BCUT2D eigenvalue weighted by Crippen LogP contribution is -2.35. The molecule has 2 nitrogen and oxygen atoms in total. The minimum Gasteiger partial charge on any atom is -0.463 e. The van der Waals surface area contributed by atoms with Gasteiger partial charge in [0.25, 0.3) is 0 Å². The maximum Gasteiger partial charge on any atom is 0.337 e. The lowest BCUT2D eigenvalue weighted by atomic mass is 10.3. The molecule has 142 valence electrons. The Morgan fingerprint density at radius 3 is 1.50 bits per heavy atom. The minimum atomic E-state index is -2.07. The fourth-order valence-corrected chi connectivity index (χ4v) is 7.83. The van der Waals surface area contributed by atoms with E-state index in [-0.39, 0.29) is 5.97 Å². The highest BCUT2D eigenvalue weighted by Gasteiger charge is 2.46. The highest BCUT2D eigenvalue weighted by Crippen LogP contribution is 2.56. The lowest BCUT2D eigenvalue weighted by molar-refractivity contribution is -0.138. The normalized spacial score (nSPS) is 11.9. The van der Waals surface area contributed by atoms with E-state index in [1.807, 2.05) is 38.1 Å². The molecule has 28 heavy (non-hydrogen) atoms. The van der Waals surface area contributed by atoms with Crippen LogP contribution in [0.4, 0.5) is 0 Å². The van der Waals surface area contributed by atoms with Crippen molar-refractivity contribution in [1.82, 2.24) is 0 Å². The summed E-state index contributed by atoms with van der Waals surface area (Å²) in [5.41, 5.74) is 0.728. The molecule has 0 fully saturated rings. The van der Waals surface area contributed by atoms with Gasteiger partial charge >= 0.3 is 5.97 Å². The van der Waals surface area contributed by atoms with Crippen molar-refractivity contribution in [2.75, 3.05) is 12.8 Å². The van der Waals surface area contributed by atoms with Crippen molar-refractivity contribution >= 4 is 29.1 Å². The van der Waals surface area contributed by atoms with E-state index in [2.05, 4.69) is 72.8 Å². The molecular formula is C25H26O2P+. The van der Waals surface area contributed by atoms with E-state index in [1.165, 1.54) is 15.9 Å². The smallest absolute Gasteiger partial charge is 0.337 e. The van der Waals surface area contributed by atoms with E-state index in [0.29, 0.717) is 12.8 Å². The molecule has 3 aromatic carbocycles. The molecule has 0 atom stereocenters. The van der Waals surface area contributed by atoms with Gasteiger partial charge in [0, 0.05) is 0 Å². The molecule has 0 spiro atoms. The first-order chi connectivity index (χ1) is 13.7. The summed E-state index contributed by atoms with van der Waals surface area (Å²) in [6.07, 6.45) is 2.54. The summed E-state index contributed by atoms with van der Waals surface area (Å²) >= 11 is 0. The number of carbonyl (C=O) groups is 1. The second kappa shape index (κ2) is 9.48. The fraction of sp³-hybridized carbons (Fsp3) is 0.160. The molecular weight excluding hydrogens is 363 g/mol. The van der Waals surface area contributed by atoms with Crippen LogP contribution in [0.25, 0.3) is 0 Å². The number of ether oxygens (including phenoxy) is 1. The zero-order valence-corrected chi connectivity index (χ0v) is 17.3. The van der Waals surface area contributed by atoms with Crippen LogP contribution < -0.4 is 15.9 Å². The standard InChI is InChI=1S/C25H26O2P/c1-3-21(25(26)27-4-2)20-28(22-14-8-5-9-15-22,23-16-10-6-11-17-23)24-18-12-7-13-19-24/h3,5-19H,4,20H2,1-2H3/q+1/b21-3-. The number of hydrogen-bond donors (Lipinski definition) is 0. The molecule has 0 aliphatic carbocycles. The molecule has 0 radical (unpaired) electrons. The summed E-state index contributed by atoms with van der Waals surface area (Å²) < 4.78 is 5.36. The monoisotopic (exact) mass is 389 g/mol. The SMILES string of the molecule is C/C=C(/C[P+](c1ccccc1)(c1ccccc1)c1ccccc1)C(=O)OCC. The molecule has 0 aliphatic heterocycles. The van der Waals surface area contributed by atoms with Gasteiger partial charge in [0.2, 0.25) is 0 Å². The molecule has 3 heteroatoms. The van der Waals surface area contributed by atoms with Crippen molar-refractivity contribution in [1.29, 1.82) is 0 Å². The lowest BCUT2D eigenvalue weighted by Gasteiger charge is -2.28. The number of esters is 1. The third kappa shape index (κ3) is 4.08. The van der Waals surface area contributed by atoms with Crippen molar-refractivity contribution in [3.05, 3.63) is 103 Å². The zero-order chi connectivity index (χ0) is 19.8. The van der Waals surface area contributed by atoms with Crippen molar-refractivity contribution in [2.24, 2.45) is 0 Å². The second-order valence-corrected chi connectivity index (χ2v) is 9.99. The molecule has 0 saturated carbocycles. The fourth-order valence-electron chi connectivity index (χ4n) is 3.52. The minimum absolute atomic E-state index is 0.225. The topological polar surface area (TPSA) is 26.3 Å². The Balaban J connectivity index is 2.27. The highest BCUT2D eigenvalue weighted by molar-refractivity contribution is 7.95. The second-order valence-electron chi connectivity index (χ2n) is 6.51. The number of allylic oxidation sites excluding steroid dienone is 1. The van der Waals surface area contributed by atoms with E-state index in [1.54, 1.807) is 0 Å². The van der Waals surface area contributed by atoms with Crippen LogP contribution in [0.15, 0.2) is 103 Å². The molecule has 0 aliphatic rings. The van der Waals surface area contributed by atoms with E-state index >= 15 is 0 Å². The first-order valence-electron chi connectivity index (χ1n) is 9.59. The van der Waals surface area contributed by atoms with Gasteiger partial charge < -0.3 is 4.74 Å². The van der Waals surface area contributed by atoms with Crippen molar-refractivity contribution < 1.29 is 9.53 Å². The van der Waals surface area contributed by atoms with Crippen molar-refractivity contribution in [3.63, 3.8) is 0 Å². The van der Waals surface area contributed by atoms with Gasteiger partial charge in [-0.3, -0.25) is 0 Å². The summed E-state index contributed by atoms with van der Waals surface area (Å²) in [5.74, 6) is -0.225. The molecule has 3 aromatic rings. The first kappa shape index (κ1) is 20.0. The van der Waals surface area contributed by atoms with Gasteiger partial charge in [0.15, 0.2) is 0 Å². The van der Waals surface area contributed by atoms with Crippen LogP contribution in [0.3, 0.4) is 0 Å². The predicted octanol–water partition coefficient (Wildman–Crippen LogP) is 4.49. The molecule has 0 unspecified atom stereocenters. The highest BCUT2D eigenvalue weighted by atomic mass is 31.2. The van der Waals surface area contributed by atoms with Gasteiger partial charge in [-0.05, 0) is 50.2 Å². The Kier molecular flexibility index (Phi) is 6.79. The Bertz CT molecular complexity index is 822. The molecule has 3 rings (SSSR count). The number of carbonyl (C=O) groups excluding carboxylic acids is 1. The predicted molar refractivity (Wildman–Crippen MR) is 120 cm³/mol. The van der Waals surface area contributed by atoms with E-state index < -0.39 is 7.26 Å². The number of rotatable bonds is 7. The third-order valence-electron chi connectivity index (χ3n) is 4.88. The average molecular weight is 389 g/mol. The molecule has 0 N–H and O–H groups in total. The molecule has 0 saturated heterocycles. The molecule has 0 bridgehead atoms. The maximum absolute atomic E-state index is 12.7.